The molecule has 1 aromatic heterocycles. The third-order valence-corrected chi connectivity index (χ3v) is 6.46. The lowest BCUT2D eigenvalue weighted by Crippen LogP contribution is -2.50. The first-order valence-corrected chi connectivity index (χ1v) is 10.4. The second-order valence-electron chi connectivity index (χ2n) is 8.28. The number of nitrogens with one attached hydrogen (secondary N) is 1. The van der Waals surface area contributed by atoms with Crippen LogP contribution in [0.15, 0.2) is 24.3 Å². The van der Waals surface area contributed by atoms with E-state index >= 15 is 0 Å². The number of carbonyl (C=O) groups is 2. The number of esters is 1. The molecule has 5 rings (SSSR count). The van der Waals surface area contributed by atoms with Gasteiger partial charge in [0.05, 0.1) is 12.2 Å². The maximum absolute atomic E-state index is 12.7. The Morgan fingerprint density at radius 3 is 2.72 bits per heavy atom. The van der Waals surface area contributed by atoms with E-state index in [-0.39, 0.29) is 11.8 Å². The topological polar surface area (TPSA) is 84.5 Å². The van der Waals surface area contributed by atoms with E-state index in [1.54, 1.807) is 6.92 Å². The molecule has 1 amide bonds. The van der Waals surface area contributed by atoms with Gasteiger partial charge in [-0.15, -0.1) is 0 Å². The minimum absolute atomic E-state index is 0.177. The van der Waals surface area contributed by atoms with Crippen molar-refractivity contribution >= 4 is 11.9 Å². The standard InChI is InChI=1S/C22H25N3O4/c1-3-28-21(27)19-17-18(23-24-19)14-6-4-5-7-16(14)29-22(17)8-10-25(11-9-22)20(26)15-12-13(15)2/h4-7,13,15H,3,8-12H2,1-2H3,(H,23,24)/t13-,15-/m0/s1. The first kappa shape index (κ1) is 18.2. The molecule has 1 aromatic carbocycles. The van der Waals surface area contributed by atoms with Crippen LogP contribution in [0.3, 0.4) is 0 Å². The highest BCUT2D eigenvalue weighted by Gasteiger charge is 2.50. The lowest BCUT2D eigenvalue weighted by atomic mass is 9.79. The molecule has 2 fully saturated rings. The van der Waals surface area contributed by atoms with Gasteiger partial charge < -0.3 is 14.4 Å². The predicted octanol–water partition coefficient (Wildman–Crippen LogP) is 3.12. The molecule has 3 aliphatic rings. The summed E-state index contributed by atoms with van der Waals surface area (Å²) in [5, 5.41) is 7.36. The maximum Gasteiger partial charge on any atom is 0.356 e. The number of benzene rings is 1. The van der Waals surface area contributed by atoms with Crippen molar-refractivity contribution in [2.45, 2.75) is 38.7 Å². The maximum atomic E-state index is 12.7. The minimum atomic E-state index is -0.690. The van der Waals surface area contributed by atoms with Crippen molar-refractivity contribution in [3.8, 4) is 17.0 Å². The molecular weight excluding hydrogens is 370 g/mol. The van der Waals surface area contributed by atoms with Crippen LogP contribution in [0.25, 0.3) is 11.3 Å². The number of nitrogens with zero attached hydrogens (tertiary/aromatic N) is 2. The van der Waals surface area contributed by atoms with Gasteiger partial charge >= 0.3 is 5.97 Å². The Hall–Kier alpha value is -2.83. The molecule has 1 saturated heterocycles. The van der Waals surface area contributed by atoms with E-state index in [0.717, 1.165) is 29.0 Å². The van der Waals surface area contributed by atoms with E-state index in [4.69, 9.17) is 9.47 Å². The molecular formula is C22H25N3O4. The third kappa shape index (κ3) is 2.82. The van der Waals surface area contributed by atoms with Crippen LogP contribution in [0.2, 0.25) is 0 Å². The van der Waals surface area contributed by atoms with E-state index in [0.29, 0.717) is 44.1 Å². The second-order valence-corrected chi connectivity index (χ2v) is 8.28. The van der Waals surface area contributed by atoms with Crippen molar-refractivity contribution in [2.24, 2.45) is 11.8 Å². The molecule has 2 aliphatic heterocycles. The molecule has 2 atom stereocenters. The van der Waals surface area contributed by atoms with Crippen molar-refractivity contribution < 1.29 is 19.1 Å². The monoisotopic (exact) mass is 395 g/mol. The number of fused-ring (bicyclic) bond motifs is 4. The summed E-state index contributed by atoms with van der Waals surface area (Å²) in [5.74, 6) is 1.26. The van der Waals surface area contributed by atoms with E-state index in [1.807, 2.05) is 29.2 Å². The van der Waals surface area contributed by atoms with Crippen molar-refractivity contribution in [1.82, 2.24) is 15.1 Å². The number of aromatic amines is 1. The molecule has 3 heterocycles. The fourth-order valence-electron chi connectivity index (χ4n) is 4.69. The number of likely N-dealkylation sites (tertiary alicyclic amines) is 1. The van der Waals surface area contributed by atoms with Gasteiger partial charge in [0.1, 0.15) is 17.0 Å². The molecule has 7 nitrogen and oxygen atoms in total. The number of piperidine rings is 1. The number of amides is 1. The van der Waals surface area contributed by atoms with E-state index < -0.39 is 11.6 Å². The third-order valence-electron chi connectivity index (χ3n) is 6.46. The zero-order valence-corrected chi connectivity index (χ0v) is 16.7. The lowest BCUT2D eigenvalue weighted by Gasteiger charge is -2.44. The molecule has 0 bridgehead atoms. The molecule has 29 heavy (non-hydrogen) atoms. The number of rotatable bonds is 3. The highest BCUT2D eigenvalue weighted by atomic mass is 16.5. The highest BCUT2D eigenvalue weighted by molar-refractivity contribution is 5.93. The number of H-pyrrole nitrogens is 1. The summed E-state index contributed by atoms with van der Waals surface area (Å²) >= 11 is 0. The summed E-state index contributed by atoms with van der Waals surface area (Å²) in [7, 11) is 0. The van der Waals surface area contributed by atoms with Crippen LogP contribution in [-0.4, -0.2) is 46.7 Å². The van der Waals surface area contributed by atoms with Crippen LogP contribution < -0.4 is 4.74 Å². The van der Waals surface area contributed by atoms with E-state index in [2.05, 4.69) is 17.1 Å². The molecule has 1 aliphatic carbocycles. The Morgan fingerprint density at radius 2 is 2.03 bits per heavy atom. The fraction of sp³-hybridized carbons (Fsp3) is 0.500. The highest BCUT2D eigenvalue weighted by Crippen LogP contribution is 2.50. The number of aromatic nitrogens is 2. The lowest BCUT2D eigenvalue weighted by molar-refractivity contribution is -0.136. The quantitative estimate of drug-likeness (QED) is 0.807. The predicted molar refractivity (Wildman–Crippen MR) is 105 cm³/mol. The zero-order valence-electron chi connectivity index (χ0n) is 16.7. The molecule has 1 N–H and O–H groups in total. The molecule has 1 spiro atoms. The smallest absolute Gasteiger partial charge is 0.356 e. The van der Waals surface area contributed by atoms with E-state index in [1.165, 1.54) is 0 Å². The fourth-order valence-corrected chi connectivity index (χ4v) is 4.69. The molecule has 0 unspecified atom stereocenters. The average Bonchev–Trinajstić information content (AvgIpc) is 3.28. The molecule has 2 aromatic rings. The van der Waals surface area contributed by atoms with Crippen LogP contribution in [0.5, 0.6) is 5.75 Å². The van der Waals surface area contributed by atoms with Gasteiger partial charge in [0.2, 0.25) is 5.91 Å². The van der Waals surface area contributed by atoms with Crippen molar-refractivity contribution in [1.29, 1.82) is 0 Å². The number of carbonyl (C=O) groups excluding carboxylic acids is 2. The van der Waals surface area contributed by atoms with Crippen LogP contribution in [0.1, 0.15) is 49.2 Å². The Labute approximate surface area is 169 Å². The number of hydrogen-bond acceptors (Lipinski definition) is 5. The summed E-state index contributed by atoms with van der Waals surface area (Å²) in [4.78, 5) is 27.2. The van der Waals surface area contributed by atoms with Crippen LogP contribution in [-0.2, 0) is 15.1 Å². The number of hydrogen-bond donors (Lipinski definition) is 1. The number of para-hydroxylation sites is 1. The van der Waals surface area contributed by atoms with Gasteiger partial charge in [-0.25, -0.2) is 4.79 Å². The van der Waals surface area contributed by atoms with Gasteiger partial charge in [-0.1, -0.05) is 19.1 Å². The Morgan fingerprint density at radius 1 is 1.31 bits per heavy atom. The van der Waals surface area contributed by atoms with Gasteiger partial charge in [0.15, 0.2) is 5.69 Å². The SMILES string of the molecule is CCOC(=O)c1[nH]nc2c1C1(CCN(C(=O)[C@H]3C[C@@H]3C)CC1)Oc1ccccc1-2. The van der Waals surface area contributed by atoms with Gasteiger partial charge in [0, 0.05) is 37.4 Å². The first-order chi connectivity index (χ1) is 14.0. The average molecular weight is 395 g/mol. The first-order valence-electron chi connectivity index (χ1n) is 10.4. The van der Waals surface area contributed by atoms with E-state index in [9.17, 15) is 9.59 Å². The van der Waals surface area contributed by atoms with Gasteiger partial charge in [-0.05, 0) is 31.4 Å². The van der Waals surface area contributed by atoms with Crippen molar-refractivity contribution in [3.63, 3.8) is 0 Å². The Bertz CT molecular complexity index is 974. The Balaban J connectivity index is 1.51. The zero-order chi connectivity index (χ0) is 20.2. The number of ether oxygens (including phenoxy) is 2. The van der Waals surface area contributed by atoms with Gasteiger partial charge in [0.25, 0.3) is 0 Å². The molecule has 7 heteroatoms. The summed E-state index contributed by atoms with van der Waals surface area (Å²) < 4.78 is 11.8. The summed E-state index contributed by atoms with van der Waals surface area (Å²) in [6.07, 6.45) is 2.23. The van der Waals surface area contributed by atoms with Crippen LogP contribution >= 0.6 is 0 Å². The molecule has 1 saturated carbocycles. The van der Waals surface area contributed by atoms with Crippen LogP contribution in [0.4, 0.5) is 0 Å². The van der Waals surface area contributed by atoms with Gasteiger partial charge in [-0.3, -0.25) is 9.89 Å². The minimum Gasteiger partial charge on any atom is -0.482 e. The Kier molecular flexibility index (Phi) is 4.15. The van der Waals surface area contributed by atoms with Gasteiger partial charge in [-0.2, -0.15) is 5.10 Å². The molecule has 0 radical (unpaired) electrons. The second kappa shape index (κ2) is 6.61. The normalized spacial score (nSPS) is 23.7. The van der Waals surface area contributed by atoms with Crippen molar-refractivity contribution in [2.75, 3.05) is 19.7 Å². The molecule has 152 valence electrons. The summed E-state index contributed by atoms with van der Waals surface area (Å²) in [6, 6.07) is 7.75. The van der Waals surface area contributed by atoms with Crippen molar-refractivity contribution in [3.05, 3.63) is 35.5 Å². The largest absolute Gasteiger partial charge is 0.482 e. The summed E-state index contributed by atoms with van der Waals surface area (Å²) in [5.41, 5.74) is 2.04. The summed E-state index contributed by atoms with van der Waals surface area (Å²) in [6.45, 7) is 5.41. The van der Waals surface area contributed by atoms with Crippen LogP contribution in [0, 0.1) is 11.8 Å².